The fourth-order valence-electron chi connectivity index (χ4n) is 3.38. The quantitative estimate of drug-likeness (QED) is 0.501. The van der Waals surface area contributed by atoms with Gasteiger partial charge in [-0.2, -0.15) is 5.10 Å². The number of esters is 1. The number of anilines is 1. The van der Waals surface area contributed by atoms with E-state index in [4.69, 9.17) is 4.74 Å². The second-order valence-corrected chi connectivity index (χ2v) is 8.26. The highest BCUT2D eigenvalue weighted by Crippen LogP contribution is 2.23. The molecule has 0 unspecified atom stereocenters. The van der Waals surface area contributed by atoms with Gasteiger partial charge in [0.2, 0.25) is 0 Å². The predicted octanol–water partition coefficient (Wildman–Crippen LogP) is 2.00. The highest BCUT2D eigenvalue weighted by molar-refractivity contribution is 6.06. The maximum absolute atomic E-state index is 12.3. The summed E-state index contributed by atoms with van der Waals surface area (Å²) in [6.07, 6.45) is -0.202. The van der Waals surface area contributed by atoms with Crippen molar-refractivity contribution in [3.63, 3.8) is 0 Å². The van der Waals surface area contributed by atoms with Crippen molar-refractivity contribution in [3.8, 4) is 5.69 Å². The first-order valence-corrected chi connectivity index (χ1v) is 10.2. The molecular formula is C22H27N5O5. The Morgan fingerprint density at radius 1 is 1.12 bits per heavy atom. The van der Waals surface area contributed by atoms with Crippen molar-refractivity contribution in [1.82, 2.24) is 20.0 Å². The lowest BCUT2D eigenvalue weighted by atomic mass is 10.1. The number of urea groups is 1. The Balaban J connectivity index is 1.53. The maximum Gasteiger partial charge on any atom is 0.325 e. The van der Waals surface area contributed by atoms with E-state index in [1.165, 1.54) is 0 Å². The van der Waals surface area contributed by atoms with Gasteiger partial charge in [-0.1, -0.05) is 17.7 Å². The molecule has 0 bridgehead atoms. The van der Waals surface area contributed by atoms with Crippen LogP contribution in [0.4, 0.5) is 10.5 Å². The number of nitrogens with one attached hydrogen (secondary N) is 2. The summed E-state index contributed by atoms with van der Waals surface area (Å²) >= 11 is 0. The van der Waals surface area contributed by atoms with Crippen LogP contribution in [-0.4, -0.2) is 57.2 Å². The molecule has 1 aromatic carbocycles. The Morgan fingerprint density at radius 3 is 2.38 bits per heavy atom. The molecule has 1 aliphatic rings. The van der Waals surface area contributed by atoms with Crippen molar-refractivity contribution in [2.45, 2.75) is 46.6 Å². The molecule has 1 aromatic heterocycles. The van der Waals surface area contributed by atoms with E-state index in [1.807, 2.05) is 38.1 Å². The zero-order chi connectivity index (χ0) is 23.6. The van der Waals surface area contributed by atoms with Crippen molar-refractivity contribution in [2.24, 2.45) is 0 Å². The molecule has 1 aliphatic heterocycles. The number of hydrogen-bond donors (Lipinski definition) is 2. The van der Waals surface area contributed by atoms with Gasteiger partial charge in [0, 0.05) is 6.54 Å². The van der Waals surface area contributed by atoms with Crippen molar-refractivity contribution in [1.29, 1.82) is 0 Å². The zero-order valence-electron chi connectivity index (χ0n) is 18.8. The third-order valence-corrected chi connectivity index (χ3v) is 5.18. The molecule has 2 N–H and O–H groups in total. The summed E-state index contributed by atoms with van der Waals surface area (Å²) in [6.45, 7) is 8.17. The van der Waals surface area contributed by atoms with Crippen LogP contribution >= 0.6 is 0 Å². The van der Waals surface area contributed by atoms with E-state index < -0.39 is 36.0 Å². The van der Waals surface area contributed by atoms with Gasteiger partial charge in [-0.05, 0) is 46.8 Å². The van der Waals surface area contributed by atoms with E-state index in [0.29, 0.717) is 11.4 Å². The zero-order valence-corrected chi connectivity index (χ0v) is 18.8. The molecule has 4 amide bonds. The second-order valence-electron chi connectivity index (χ2n) is 8.26. The first kappa shape index (κ1) is 23.0. The highest BCUT2D eigenvalue weighted by atomic mass is 16.5. The van der Waals surface area contributed by atoms with E-state index in [9.17, 15) is 19.2 Å². The number of hydrogen-bond acceptors (Lipinski definition) is 6. The standard InChI is InChI=1S/C22H27N5O5/c1-13-6-8-16(9-7-13)27-15(3)19(14(2)25-27)23-17(28)12-32-18(29)10-11-26-20(30)22(4,5)24-21(26)31/h6-9H,10-12H2,1-5H3,(H,23,28)(H,24,31). The maximum atomic E-state index is 12.3. The minimum Gasteiger partial charge on any atom is -0.456 e. The number of aromatic nitrogens is 2. The van der Waals surface area contributed by atoms with Crippen LogP contribution in [0.2, 0.25) is 0 Å². The van der Waals surface area contributed by atoms with Gasteiger partial charge in [0.15, 0.2) is 6.61 Å². The van der Waals surface area contributed by atoms with Crippen molar-refractivity contribution >= 4 is 29.5 Å². The first-order chi connectivity index (χ1) is 15.0. The molecule has 0 aliphatic carbocycles. The van der Waals surface area contributed by atoms with E-state index >= 15 is 0 Å². The lowest BCUT2D eigenvalue weighted by Crippen LogP contribution is -2.40. The predicted molar refractivity (Wildman–Crippen MR) is 116 cm³/mol. The Morgan fingerprint density at radius 2 is 1.78 bits per heavy atom. The smallest absolute Gasteiger partial charge is 0.325 e. The van der Waals surface area contributed by atoms with Gasteiger partial charge in [-0.3, -0.25) is 19.3 Å². The van der Waals surface area contributed by atoms with Crippen LogP contribution in [-0.2, 0) is 19.1 Å². The highest BCUT2D eigenvalue weighted by Gasteiger charge is 2.44. The number of ether oxygens (including phenoxy) is 1. The summed E-state index contributed by atoms with van der Waals surface area (Å²) in [5.41, 5.74) is 2.92. The molecule has 1 saturated heterocycles. The average molecular weight is 441 g/mol. The summed E-state index contributed by atoms with van der Waals surface area (Å²) < 4.78 is 6.73. The lowest BCUT2D eigenvalue weighted by molar-refractivity contribution is -0.147. The van der Waals surface area contributed by atoms with Crippen LogP contribution in [0.25, 0.3) is 5.69 Å². The molecular weight excluding hydrogens is 414 g/mol. The summed E-state index contributed by atoms with van der Waals surface area (Å²) in [6, 6.07) is 7.28. The molecule has 0 atom stereocenters. The van der Waals surface area contributed by atoms with Crippen molar-refractivity contribution in [2.75, 3.05) is 18.5 Å². The van der Waals surface area contributed by atoms with Gasteiger partial charge in [0.1, 0.15) is 5.54 Å². The molecule has 0 spiro atoms. The minimum atomic E-state index is -1.00. The molecule has 170 valence electrons. The number of rotatable bonds is 7. The van der Waals surface area contributed by atoms with E-state index in [0.717, 1.165) is 21.8 Å². The third-order valence-electron chi connectivity index (χ3n) is 5.18. The van der Waals surface area contributed by atoms with E-state index in [2.05, 4.69) is 15.7 Å². The Bertz CT molecular complexity index is 1070. The average Bonchev–Trinajstić information content (AvgIpc) is 3.11. The first-order valence-electron chi connectivity index (χ1n) is 10.2. The molecule has 2 heterocycles. The molecule has 3 rings (SSSR count). The van der Waals surface area contributed by atoms with Crippen LogP contribution in [0.15, 0.2) is 24.3 Å². The summed E-state index contributed by atoms with van der Waals surface area (Å²) in [5, 5.41) is 9.74. The topological polar surface area (TPSA) is 123 Å². The molecule has 32 heavy (non-hydrogen) atoms. The SMILES string of the molecule is Cc1ccc(-n2nc(C)c(NC(=O)COC(=O)CCN3C(=O)NC(C)(C)C3=O)c2C)cc1. The third kappa shape index (κ3) is 4.79. The lowest BCUT2D eigenvalue weighted by Gasteiger charge is -2.15. The Kier molecular flexibility index (Phi) is 6.33. The second kappa shape index (κ2) is 8.81. The van der Waals surface area contributed by atoms with Gasteiger partial charge >= 0.3 is 12.0 Å². The molecule has 10 heteroatoms. The Labute approximate surface area is 185 Å². The number of carbonyl (C=O) groups is 4. The molecule has 1 fully saturated rings. The fraction of sp³-hybridized carbons (Fsp3) is 0.409. The molecule has 10 nitrogen and oxygen atoms in total. The number of amides is 4. The van der Waals surface area contributed by atoms with Gasteiger partial charge in [-0.15, -0.1) is 0 Å². The van der Waals surface area contributed by atoms with Gasteiger partial charge in [0.25, 0.3) is 11.8 Å². The largest absolute Gasteiger partial charge is 0.456 e. The van der Waals surface area contributed by atoms with E-state index in [1.54, 1.807) is 25.5 Å². The Hall–Kier alpha value is -3.69. The number of nitrogens with zero attached hydrogens (tertiary/aromatic N) is 3. The van der Waals surface area contributed by atoms with Crippen LogP contribution < -0.4 is 10.6 Å². The van der Waals surface area contributed by atoms with E-state index in [-0.39, 0.29) is 13.0 Å². The molecule has 2 aromatic rings. The molecule has 0 radical (unpaired) electrons. The summed E-state index contributed by atoms with van der Waals surface area (Å²) in [7, 11) is 0. The van der Waals surface area contributed by atoms with Gasteiger partial charge in [-0.25, -0.2) is 9.48 Å². The minimum absolute atomic E-state index is 0.115. The van der Waals surface area contributed by atoms with Crippen molar-refractivity contribution in [3.05, 3.63) is 41.2 Å². The van der Waals surface area contributed by atoms with Gasteiger partial charge < -0.3 is 15.4 Å². The number of carbonyl (C=O) groups excluding carboxylic acids is 4. The summed E-state index contributed by atoms with van der Waals surface area (Å²) in [4.78, 5) is 49.2. The summed E-state index contributed by atoms with van der Waals surface area (Å²) in [5.74, 6) is -1.61. The van der Waals surface area contributed by atoms with Crippen LogP contribution in [0.5, 0.6) is 0 Å². The number of benzene rings is 1. The number of imide groups is 1. The number of aryl methyl sites for hydroxylation is 2. The molecule has 0 saturated carbocycles. The normalized spacial score (nSPS) is 15.0. The van der Waals surface area contributed by atoms with Crippen LogP contribution in [0.1, 0.15) is 37.2 Å². The van der Waals surface area contributed by atoms with Gasteiger partial charge in [0.05, 0.1) is 29.2 Å². The fourth-order valence-corrected chi connectivity index (χ4v) is 3.38. The monoisotopic (exact) mass is 441 g/mol. The van der Waals surface area contributed by atoms with Crippen LogP contribution in [0.3, 0.4) is 0 Å². The van der Waals surface area contributed by atoms with Crippen LogP contribution in [0, 0.1) is 20.8 Å². The van der Waals surface area contributed by atoms with Crippen molar-refractivity contribution < 1.29 is 23.9 Å².